The van der Waals surface area contributed by atoms with Crippen LogP contribution in [0.15, 0.2) is 0 Å². The van der Waals surface area contributed by atoms with Crippen LogP contribution in [0.5, 0.6) is 0 Å². The third kappa shape index (κ3) is 3.78. The zero-order valence-electron chi connectivity index (χ0n) is 17.8. The van der Waals surface area contributed by atoms with Crippen molar-refractivity contribution in [1.29, 1.82) is 0 Å². The molecule has 3 N–H and O–H groups in total. The fourth-order valence-corrected chi connectivity index (χ4v) is 7.51. The van der Waals surface area contributed by atoms with Gasteiger partial charge in [0.25, 0.3) is 0 Å². The van der Waals surface area contributed by atoms with Gasteiger partial charge in [0.1, 0.15) is 6.04 Å². The van der Waals surface area contributed by atoms with Gasteiger partial charge in [-0.25, -0.2) is 0 Å². The molecule has 3 heterocycles. The third-order valence-corrected chi connectivity index (χ3v) is 8.61. The first-order valence-electron chi connectivity index (χ1n) is 11.1. The maximum atomic E-state index is 13.5. The van der Waals surface area contributed by atoms with E-state index in [-0.39, 0.29) is 35.5 Å². The standard InChI is InChI=1S/C21H35N3O4S/c1-4-6-7-11-23-19(27)17-21-9-8-14(29-21)15(18(26)22-10-5-2)16(21)20(28)24(17)13(3)12-25/h13-17,25H,4-12H2,1-3H3,(H,22,26)(H,23,27)/t13-,14-,15+,16+,17?,21?/m1/s1. The van der Waals surface area contributed by atoms with Crippen LogP contribution in [0, 0.1) is 11.8 Å². The lowest BCUT2D eigenvalue weighted by atomic mass is 9.70. The minimum atomic E-state index is -0.622. The van der Waals surface area contributed by atoms with E-state index in [4.69, 9.17) is 0 Å². The molecule has 8 heteroatoms. The number of rotatable bonds is 10. The number of amides is 3. The van der Waals surface area contributed by atoms with E-state index < -0.39 is 22.7 Å². The predicted octanol–water partition coefficient (Wildman–Crippen LogP) is 1.29. The molecule has 2 unspecified atom stereocenters. The number of hydrogen-bond acceptors (Lipinski definition) is 5. The van der Waals surface area contributed by atoms with Gasteiger partial charge in [-0.3, -0.25) is 14.4 Å². The van der Waals surface area contributed by atoms with Gasteiger partial charge in [-0.05, 0) is 32.6 Å². The van der Waals surface area contributed by atoms with Crippen LogP contribution in [-0.2, 0) is 14.4 Å². The smallest absolute Gasteiger partial charge is 0.244 e. The molecule has 7 nitrogen and oxygen atoms in total. The molecule has 3 amide bonds. The van der Waals surface area contributed by atoms with E-state index in [0.717, 1.165) is 38.5 Å². The van der Waals surface area contributed by atoms with E-state index >= 15 is 0 Å². The van der Waals surface area contributed by atoms with Gasteiger partial charge in [0, 0.05) is 18.3 Å². The van der Waals surface area contributed by atoms with Gasteiger partial charge in [-0.15, -0.1) is 11.8 Å². The molecule has 3 saturated heterocycles. The van der Waals surface area contributed by atoms with Crippen molar-refractivity contribution in [2.45, 2.75) is 81.4 Å². The summed E-state index contributed by atoms with van der Waals surface area (Å²) in [5, 5.41) is 15.8. The van der Waals surface area contributed by atoms with Gasteiger partial charge in [0.15, 0.2) is 0 Å². The Kier molecular flexibility index (Phi) is 7.14. The van der Waals surface area contributed by atoms with Crippen LogP contribution >= 0.6 is 11.8 Å². The van der Waals surface area contributed by atoms with Crippen LogP contribution in [0.25, 0.3) is 0 Å². The Balaban J connectivity index is 1.88. The van der Waals surface area contributed by atoms with Crippen molar-refractivity contribution >= 4 is 29.5 Å². The van der Waals surface area contributed by atoms with Crippen LogP contribution in [0.4, 0.5) is 0 Å². The van der Waals surface area contributed by atoms with E-state index in [1.54, 1.807) is 23.6 Å². The summed E-state index contributed by atoms with van der Waals surface area (Å²) in [6, 6.07) is -1.07. The summed E-state index contributed by atoms with van der Waals surface area (Å²) in [5.74, 6) is -1.22. The van der Waals surface area contributed by atoms with Crippen LogP contribution in [-0.4, -0.2) is 69.5 Å². The molecule has 0 radical (unpaired) electrons. The Bertz CT molecular complexity index is 645. The molecular formula is C21H35N3O4S. The number of carbonyl (C=O) groups excluding carboxylic acids is 3. The number of aliphatic hydroxyl groups is 1. The lowest BCUT2D eigenvalue weighted by molar-refractivity contribution is -0.142. The lowest BCUT2D eigenvalue weighted by Gasteiger charge is -2.36. The van der Waals surface area contributed by atoms with Crippen molar-refractivity contribution in [3.8, 4) is 0 Å². The Hall–Kier alpha value is -1.28. The minimum Gasteiger partial charge on any atom is -0.394 e. The monoisotopic (exact) mass is 425 g/mol. The summed E-state index contributed by atoms with van der Waals surface area (Å²) >= 11 is 1.67. The third-order valence-electron chi connectivity index (χ3n) is 6.66. The largest absolute Gasteiger partial charge is 0.394 e. The second kappa shape index (κ2) is 9.25. The van der Waals surface area contributed by atoms with Crippen molar-refractivity contribution in [2.75, 3.05) is 19.7 Å². The van der Waals surface area contributed by atoms with Crippen LogP contribution in [0.2, 0.25) is 0 Å². The molecule has 29 heavy (non-hydrogen) atoms. The first-order valence-corrected chi connectivity index (χ1v) is 12.0. The van der Waals surface area contributed by atoms with Crippen LogP contribution in [0.3, 0.4) is 0 Å². The van der Waals surface area contributed by atoms with Crippen molar-refractivity contribution in [1.82, 2.24) is 15.5 Å². The molecule has 164 valence electrons. The highest BCUT2D eigenvalue weighted by Crippen LogP contribution is 2.66. The van der Waals surface area contributed by atoms with Crippen molar-refractivity contribution in [3.05, 3.63) is 0 Å². The second-order valence-electron chi connectivity index (χ2n) is 8.62. The zero-order valence-corrected chi connectivity index (χ0v) is 18.6. The number of nitrogens with zero attached hydrogens (tertiary/aromatic N) is 1. The molecule has 1 spiro atoms. The fourth-order valence-electron chi connectivity index (χ4n) is 5.30. The molecule has 2 bridgehead atoms. The van der Waals surface area contributed by atoms with Crippen molar-refractivity contribution in [2.24, 2.45) is 11.8 Å². The van der Waals surface area contributed by atoms with Crippen molar-refractivity contribution < 1.29 is 19.5 Å². The highest BCUT2D eigenvalue weighted by molar-refractivity contribution is 8.02. The van der Waals surface area contributed by atoms with Crippen LogP contribution < -0.4 is 10.6 Å². The molecule has 6 atom stereocenters. The van der Waals surface area contributed by atoms with E-state index in [2.05, 4.69) is 17.6 Å². The molecule has 0 aromatic heterocycles. The highest BCUT2D eigenvalue weighted by atomic mass is 32.2. The Morgan fingerprint density at radius 2 is 1.93 bits per heavy atom. The molecule has 3 rings (SSSR count). The molecule has 0 aliphatic carbocycles. The maximum absolute atomic E-state index is 13.5. The van der Waals surface area contributed by atoms with E-state index in [1.807, 2.05) is 6.92 Å². The molecule has 0 aromatic carbocycles. The normalized spacial score (nSPS) is 33.7. The summed E-state index contributed by atoms with van der Waals surface area (Å²) in [7, 11) is 0. The molecule has 3 aliphatic rings. The number of nitrogens with one attached hydrogen (secondary N) is 2. The molecule has 0 aromatic rings. The van der Waals surface area contributed by atoms with Crippen LogP contribution in [0.1, 0.15) is 59.3 Å². The highest BCUT2D eigenvalue weighted by Gasteiger charge is 2.73. The van der Waals surface area contributed by atoms with Gasteiger partial charge in [-0.2, -0.15) is 0 Å². The maximum Gasteiger partial charge on any atom is 0.244 e. The average molecular weight is 426 g/mol. The number of hydrogen-bond donors (Lipinski definition) is 3. The van der Waals surface area contributed by atoms with E-state index in [9.17, 15) is 19.5 Å². The molecule has 3 aliphatic heterocycles. The second-order valence-corrected chi connectivity index (χ2v) is 10.2. The first kappa shape index (κ1) is 22.4. The van der Waals surface area contributed by atoms with Crippen molar-refractivity contribution in [3.63, 3.8) is 0 Å². The quantitative estimate of drug-likeness (QED) is 0.458. The molecular weight excluding hydrogens is 390 g/mol. The van der Waals surface area contributed by atoms with Gasteiger partial charge in [0.05, 0.1) is 29.2 Å². The Morgan fingerprint density at radius 1 is 1.21 bits per heavy atom. The summed E-state index contributed by atoms with van der Waals surface area (Å²) < 4.78 is -0.561. The topological polar surface area (TPSA) is 98.7 Å². The van der Waals surface area contributed by atoms with Gasteiger partial charge >= 0.3 is 0 Å². The number of aliphatic hydroxyl groups excluding tert-OH is 1. The number of fused-ring (bicyclic) bond motifs is 1. The van der Waals surface area contributed by atoms with Gasteiger partial charge in [-0.1, -0.05) is 26.7 Å². The minimum absolute atomic E-state index is 0.0649. The van der Waals surface area contributed by atoms with Gasteiger partial charge < -0.3 is 20.6 Å². The molecule has 0 saturated carbocycles. The number of thioether (sulfide) groups is 1. The summed E-state index contributed by atoms with van der Waals surface area (Å²) in [4.78, 5) is 41.2. The number of carbonyl (C=O) groups is 3. The Labute approximate surface area is 177 Å². The summed E-state index contributed by atoms with van der Waals surface area (Å²) in [5.41, 5.74) is 0. The average Bonchev–Trinajstić information content (AvgIpc) is 3.36. The number of likely N-dealkylation sites (tertiary alicyclic amines) is 1. The lowest BCUT2D eigenvalue weighted by Crippen LogP contribution is -2.56. The summed E-state index contributed by atoms with van der Waals surface area (Å²) in [6.45, 7) is 6.88. The Morgan fingerprint density at radius 3 is 2.59 bits per heavy atom. The molecule has 3 fully saturated rings. The predicted molar refractivity (Wildman–Crippen MR) is 113 cm³/mol. The fraction of sp³-hybridized carbons (Fsp3) is 0.857. The van der Waals surface area contributed by atoms with Gasteiger partial charge in [0.2, 0.25) is 17.7 Å². The van der Waals surface area contributed by atoms with E-state index in [1.165, 1.54) is 0 Å². The SMILES string of the molecule is CCCCCNC(=O)C1N([C@H](C)CO)C(=O)[C@@H]2[C@@H](C(=O)NCCC)[C@H]3CCC12S3. The number of unbranched alkanes of at least 4 members (excludes halogenated alkanes) is 2. The van der Waals surface area contributed by atoms with E-state index in [0.29, 0.717) is 13.1 Å². The first-order chi connectivity index (χ1) is 13.9. The zero-order chi connectivity index (χ0) is 21.2. The summed E-state index contributed by atoms with van der Waals surface area (Å²) in [6.07, 6.45) is 5.48.